The van der Waals surface area contributed by atoms with Crippen molar-refractivity contribution in [1.82, 2.24) is 0 Å². The Morgan fingerprint density at radius 2 is 0.662 bits per heavy atom. The third-order valence-electron chi connectivity index (χ3n) is 10.2. The maximum absolute atomic E-state index is 15.4. The van der Waals surface area contributed by atoms with Crippen molar-refractivity contribution in [3.05, 3.63) is 194 Å². The number of pyridine rings is 1. The summed E-state index contributed by atoms with van der Waals surface area (Å²) in [4.78, 5) is 11.3. The highest BCUT2D eigenvalue weighted by Gasteiger charge is 2.52. The number of rotatable bonds is 7. The first-order valence-corrected chi connectivity index (χ1v) is 17.6. The molecule has 6 aromatic carbocycles. The maximum Gasteiger partial charge on any atom is 0.200 e. The van der Waals surface area contributed by atoms with Crippen LogP contribution in [0, 0.1) is 116 Å². The maximum atomic E-state index is 15.4. The molecule has 23 heteroatoms. The van der Waals surface area contributed by atoms with Crippen molar-refractivity contribution in [3.63, 3.8) is 0 Å². The average molecular weight is 941 g/mol. The average Bonchev–Trinajstić information content (AvgIpc) is 3.29. The Hall–Kier alpha value is -6.94. The van der Waals surface area contributed by atoms with Crippen LogP contribution in [0.1, 0.15) is 22.8 Å². The molecule has 0 saturated carbocycles. The number of carbonyl (C=O) groups is 1. The predicted octanol–water partition coefficient (Wildman–Crippen LogP) is 9.22. The van der Waals surface area contributed by atoms with Gasteiger partial charge >= 0.3 is 0 Å². The van der Waals surface area contributed by atoms with E-state index < -0.39 is 144 Å². The number of nitrogens with zero attached hydrogens (tertiary/aromatic N) is 1. The number of carbonyl (C=O) groups excluding carboxylic acids is 1. The summed E-state index contributed by atoms with van der Waals surface area (Å²) in [6, 6.07) is 18.3. The number of halogens is 20. The van der Waals surface area contributed by atoms with E-state index in [0.29, 0.717) is 0 Å². The molecule has 65 heavy (non-hydrogen) atoms. The minimum absolute atomic E-state index is 0.106. The van der Waals surface area contributed by atoms with Crippen LogP contribution in [0.3, 0.4) is 0 Å². The second-order valence-corrected chi connectivity index (χ2v) is 13.8. The molecule has 0 amide bonds. The van der Waals surface area contributed by atoms with Crippen LogP contribution in [0.15, 0.2) is 67.0 Å². The van der Waals surface area contributed by atoms with Gasteiger partial charge in [-0.05, 0) is 18.4 Å². The lowest BCUT2D eigenvalue weighted by atomic mass is 9.12. The molecule has 7 rings (SSSR count). The van der Waals surface area contributed by atoms with Crippen LogP contribution in [0.4, 0.5) is 87.8 Å². The first-order chi connectivity index (χ1) is 30.4. The molecule has 0 aliphatic rings. The highest BCUT2D eigenvalue weighted by Crippen LogP contribution is 2.31. The monoisotopic (exact) mass is 941 g/mol. The molecule has 0 bridgehead atoms. The third kappa shape index (κ3) is 7.58. The Labute approximate surface area is 349 Å². The van der Waals surface area contributed by atoms with Crippen molar-refractivity contribution in [1.29, 1.82) is 0 Å². The molecule has 7 aromatic rings. The van der Waals surface area contributed by atoms with Crippen LogP contribution in [0.25, 0.3) is 10.8 Å². The Bertz CT molecular complexity index is 2720. The number of fused-ring (bicyclic) bond motifs is 1. The van der Waals surface area contributed by atoms with Gasteiger partial charge in [-0.25, -0.2) is 92.4 Å². The minimum Gasteiger partial charge on any atom is -0.295 e. The summed E-state index contributed by atoms with van der Waals surface area (Å²) in [5, 5.41) is 2.48. The summed E-state index contributed by atoms with van der Waals surface area (Å²) in [6.45, 7) is 2.40. The topological polar surface area (TPSA) is 20.9 Å². The van der Waals surface area contributed by atoms with E-state index in [4.69, 9.17) is 0 Å². The zero-order chi connectivity index (χ0) is 48.3. The van der Waals surface area contributed by atoms with Crippen molar-refractivity contribution >= 4 is 44.6 Å². The minimum atomic E-state index is -7.22. The zero-order valence-electron chi connectivity index (χ0n) is 31.6. The summed E-state index contributed by atoms with van der Waals surface area (Å²) in [7, 11) is 0. The van der Waals surface area contributed by atoms with Gasteiger partial charge in [0, 0.05) is 22.6 Å². The van der Waals surface area contributed by atoms with E-state index >= 15 is 35.1 Å². The van der Waals surface area contributed by atoms with Gasteiger partial charge in [0.25, 0.3) is 0 Å². The molecule has 0 aliphatic carbocycles. The number of aromatic nitrogens is 1. The van der Waals surface area contributed by atoms with Gasteiger partial charge < -0.3 is 0 Å². The molecule has 0 unspecified atom stereocenters. The van der Waals surface area contributed by atoms with Gasteiger partial charge in [-0.15, -0.1) is 21.9 Å². The molecule has 0 radical (unpaired) electrons. The SMILES string of the molecule is CC(=O)c1ccc(C[n+]2ccc3ccccc3c2)cc1.Fc1c(F)c(F)c([B-](c2c(F)c(F)c(F)c(F)c2F)(c2c(F)c(F)c(F)c(F)c2F)c2c(F)c(F)c(F)c(F)c2F)c(F)c1F. The summed E-state index contributed by atoms with van der Waals surface area (Å²) in [5.74, 6) is -71.3. The Morgan fingerprint density at radius 1 is 0.385 bits per heavy atom. The van der Waals surface area contributed by atoms with E-state index in [0.717, 1.165) is 12.1 Å². The first kappa shape index (κ1) is 47.5. The molecule has 0 atom stereocenters. The van der Waals surface area contributed by atoms with E-state index in [-0.39, 0.29) is 5.78 Å². The number of hydrogen-bond acceptors (Lipinski definition) is 1. The lowest BCUT2D eigenvalue weighted by Crippen LogP contribution is -2.81. The highest BCUT2D eigenvalue weighted by molar-refractivity contribution is 7.20. The largest absolute Gasteiger partial charge is 0.295 e. The van der Waals surface area contributed by atoms with Gasteiger partial charge in [0.1, 0.15) is 52.7 Å². The molecule has 0 saturated heterocycles. The fraction of sp³-hybridized carbons (Fsp3) is 0.0476. The van der Waals surface area contributed by atoms with E-state index in [9.17, 15) is 57.5 Å². The van der Waals surface area contributed by atoms with Crippen molar-refractivity contribution in [3.8, 4) is 0 Å². The summed E-state index contributed by atoms with van der Waals surface area (Å²) in [6.07, 6.45) is -2.99. The molecule has 0 N–H and O–H groups in total. The van der Waals surface area contributed by atoms with Gasteiger partial charge in [0.05, 0.1) is 0 Å². The molecule has 0 spiro atoms. The van der Waals surface area contributed by atoms with Crippen LogP contribution < -0.4 is 26.4 Å². The van der Waals surface area contributed by atoms with Gasteiger partial charge in [0.2, 0.25) is 0 Å². The molecule has 338 valence electrons. The number of ketones is 1. The lowest BCUT2D eigenvalue weighted by Gasteiger charge is -2.44. The quantitative estimate of drug-likeness (QED) is 0.0390. The Kier molecular flexibility index (Phi) is 12.8. The van der Waals surface area contributed by atoms with Gasteiger partial charge in [-0.2, -0.15) is 0 Å². The Balaban J connectivity index is 0.000000289. The van der Waals surface area contributed by atoms with Crippen LogP contribution in [0.5, 0.6) is 0 Å². The van der Waals surface area contributed by atoms with E-state index in [1.54, 1.807) is 6.92 Å². The van der Waals surface area contributed by atoms with Crippen LogP contribution in [-0.2, 0) is 6.54 Å². The number of hydrogen-bond donors (Lipinski definition) is 0. The molecular weight excluding hydrogens is 925 g/mol. The van der Waals surface area contributed by atoms with E-state index in [1.807, 2.05) is 36.4 Å². The molecule has 2 nitrogen and oxygen atoms in total. The first-order valence-electron chi connectivity index (χ1n) is 17.6. The van der Waals surface area contributed by atoms with E-state index in [2.05, 4.69) is 35.2 Å². The van der Waals surface area contributed by atoms with Gasteiger partial charge in [-0.3, -0.25) is 4.79 Å². The summed E-state index contributed by atoms with van der Waals surface area (Å²) >= 11 is 0. The van der Waals surface area contributed by atoms with Crippen molar-refractivity contribution in [2.24, 2.45) is 0 Å². The zero-order valence-corrected chi connectivity index (χ0v) is 31.6. The molecular formula is C42H16BF20NO. The van der Waals surface area contributed by atoms with Gasteiger partial charge in [0.15, 0.2) is 94.5 Å². The molecule has 1 aromatic heterocycles. The molecule has 1 heterocycles. The van der Waals surface area contributed by atoms with Crippen molar-refractivity contribution < 1.29 is 97.2 Å². The lowest BCUT2D eigenvalue weighted by molar-refractivity contribution is -0.687. The molecule has 0 fully saturated rings. The smallest absolute Gasteiger partial charge is 0.200 e. The molecule has 0 aliphatic heterocycles. The second kappa shape index (κ2) is 17.6. The van der Waals surface area contributed by atoms with Gasteiger partial charge in [-0.1, -0.05) is 42.5 Å². The van der Waals surface area contributed by atoms with Crippen LogP contribution in [-0.4, -0.2) is 11.9 Å². The van der Waals surface area contributed by atoms with Crippen molar-refractivity contribution in [2.45, 2.75) is 13.5 Å². The number of Topliss-reactive ketones (excluding diaryl/α,β-unsaturated/α-hetero) is 1. The van der Waals surface area contributed by atoms with Crippen molar-refractivity contribution in [2.75, 3.05) is 0 Å². The predicted molar refractivity (Wildman–Crippen MR) is 189 cm³/mol. The Morgan fingerprint density at radius 3 is 0.954 bits per heavy atom. The fourth-order valence-corrected chi connectivity index (χ4v) is 7.21. The second-order valence-electron chi connectivity index (χ2n) is 13.8. The van der Waals surface area contributed by atoms with Crippen LogP contribution >= 0.6 is 0 Å². The normalized spacial score (nSPS) is 11.6. The highest BCUT2D eigenvalue weighted by atomic mass is 19.2. The van der Waals surface area contributed by atoms with Crippen LogP contribution in [0.2, 0.25) is 0 Å². The third-order valence-corrected chi connectivity index (χ3v) is 10.2. The van der Waals surface area contributed by atoms with E-state index in [1.165, 1.54) is 16.3 Å². The number of benzene rings is 6. The summed E-state index contributed by atoms with van der Waals surface area (Å²) in [5.41, 5.74) is -12.4. The fourth-order valence-electron chi connectivity index (χ4n) is 7.21. The standard InChI is InChI=1S/C24BF20.C18H16NO/c26-5-1(6(27)14(35)21(42)13(5)34)25(2-7(28)15(36)22(43)16(37)8(2)29,3-9(30)17(38)23(44)18(39)10(3)31)4-11(32)19(40)24(45)20(41)12(4)33;1-14(20)16-8-6-15(7-9-16)12-19-11-10-17-4-2-3-5-18(17)13-19/h;2-11,13H,12H2,1H3/q-1;+1. The summed E-state index contributed by atoms with van der Waals surface area (Å²) < 4.78 is 296.